The van der Waals surface area contributed by atoms with Crippen LogP contribution in [0.15, 0.2) is 12.1 Å². The van der Waals surface area contributed by atoms with Gasteiger partial charge < -0.3 is 10.2 Å². The van der Waals surface area contributed by atoms with E-state index in [1.165, 1.54) is 48.3 Å². The van der Waals surface area contributed by atoms with Gasteiger partial charge in [-0.15, -0.1) is 0 Å². The van der Waals surface area contributed by atoms with Gasteiger partial charge in [0.05, 0.1) is 0 Å². The zero-order valence-electron chi connectivity index (χ0n) is 12.2. The summed E-state index contributed by atoms with van der Waals surface area (Å²) in [6, 6.07) is 4.54. The molecule has 0 radical (unpaired) electrons. The van der Waals surface area contributed by atoms with E-state index in [0.29, 0.717) is 0 Å². The topological polar surface area (TPSA) is 15.3 Å². The summed E-state index contributed by atoms with van der Waals surface area (Å²) in [5.41, 5.74) is 5.45. The third kappa shape index (κ3) is 3.26. The predicted molar refractivity (Wildman–Crippen MR) is 79.4 cm³/mol. The highest BCUT2D eigenvalue weighted by Gasteiger charge is 2.16. The number of hydrogen-bond acceptors (Lipinski definition) is 2. The molecule has 0 aliphatic carbocycles. The van der Waals surface area contributed by atoms with Gasteiger partial charge in [-0.25, -0.2) is 0 Å². The second kappa shape index (κ2) is 5.75. The van der Waals surface area contributed by atoms with Gasteiger partial charge in [0.25, 0.3) is 0 Å². The van der Waals surface area contributed by atoms with Crippen LogP contribution < -0.4 is 5.32 Å². The fraction of sp³-hybridized carbons (Fsp3) is 0.625. The number of rotatable bonds is 3. The third-order valence-electron chi connectivity index (χ3n) is 4.08. The normalized spacial score (nSPS) is 18.0. The molecule has 0 atom stereocenters. The van der Waals surface area contributed by atoms with Crippen molar-refractivity contribution in [2.24, 2.45) is 5.92 Å². The first-order valence-corrected chi connectivity index (χ1v) is 7.06. The molecule has 1 aromatic rings. The molecule has 1 saturated heterocycles. The summed E-state index contributed by atoms with van der Waals surface area (Å²) in [6.45, 7) is 10.2. The molecule has 1 N–H and O–H groups in total. The zero-order chi connectivity index (χ0) is 13.1. The van der Waals surface area contributed by atoms with Crippen molar-refractivity contribution in [3.05, 3.63) is 28.8 Å². The maximum Gasteiger partial charge on any atom is 0.0399 e. The lowest BCUT2D eigenvalue weighted by Crippen LogP contribution is -2.33. The minimum Gasteiger partial charge on any atom is -0.384 e. The molecule has 1 aromatic carbocycles. The van der Waals surface area contributed by atoms with Crippen LogP contribution in [0.1, 0.15) is 29.5 Å². The highest BCUT2D eigenvalue weighted by atomic mass is 15.1. The number of piperidine rings is 1. The van der Waals surface area contributed by atoms with Crippen LogP contribution in [-0.4, -0.2) is 31.6 Å². The number of aryl methyl sites for hydroxylation is 3. The number of anilines is 1. The molecular weight excluding hydrogens is 220 g/mol. The van der Waals surface area contributed by atoms with E-state index in [2.05, 4.69) is 50.2 Å². The minimum absolute atomic E-state index is 0.835. The molecule has 0 bridgehead atoms. The van der Waals surface area contributed by atoms with Crippen LogP contribution >= 0.6 is 0 Å². The summed E-state index contributed by atoms with van der Waals surface area (Å²) in [5.74, 6) is 0.835. The van der Waals surface area contributed by atoms with Gasteiger partial charge in [-0.1, -0.05) is 17.7 Å². The van der Waals surface area contributed by atoms with E-state index in [9.17, 15) is 0 Å². The van der Waals surface area contributed by atoms with E-state index in [1.54, 1.807) is 0 Å². The van der Waals surface area contributed by atoms with Crippen LogP contribution in [0.2, 0.25) is 0 Å². The van der Waals surface area contributed by atoms with Gasteiger partial charge in [0.15, 0.2) is 0 Å². The van der Waals surface area contributed by atoms with Crippen LogP contribution in [0.5, 0.6) is 0 Å². The summed E-state index contributed by atoms with van der Waals surface area (Å²) < 4.78 is 0. The maximum absolute atomic E-state index is 3.67. The zero-order valence-corrected chi connectivity index (χ0v) is 12.2. The van der Waals surface area contributed by atoms with Crippen molar-refractivity contribution in [2.75, 3.05) is 32.0 Å². The van der Waals surface area contributed by atoms with E-state index in [-0.39, 0.29) is 0 Å². The Bertz CT molecular complexity index is 381. The van der Waals surface area contributed by atoms with Crippen LogP contribution in [0.3, 0.4) is 0 Å². The molecule has 1 aliphatic heterocycles. The smallest absolute Gasteiger partial charge is 0.0399 e. The first-order valence-electron chi connectivity index (χ1n) is 7.06. The van der Waals surface area contributed by atoms with Crippen molar-refractivity contribution >= 4 is 5.69 Å². The Hall–Kier alpha value is -1.02. The molecule has 1 aliphatic rings. The Morgan fingerprint density at radius 1 is 1.11 bits per heavy atom. The fourth-order valence-corrected chi connectivity index (χ4v) is 2.97. The summed E-state index contributed by atoms with van der Waals surface area (Å²) in [7, 11) is 2.22. The lowest BCUT2D eigenvalue weighted by atomic mass is 9.96. The Morgan fingerprint density at radius 3 is 2.22 bits per heavy atom. The van der Waals surface area contributed by atoms with E-state index in [1.807, 2.05) is 0 Å². The molecule has 18 heavy (non-hydrogen) atoms. The van der Waals surface area contributed by atoms with Crippen LogP contribution in [0, 0.1) is 26.7 Å². The standard InChI is InChI=1S/C16H26N2/c1-12-9-13(2)16(14(3)10-12)17-11-15-5-7-18(4)8-6-15/h9-10,15,17H,5-8,11H2,1-4H3. The summed E-state index contributed by atoms with van der Waals surface area (Å²) >= 11 is 0. The van der Waals surface area contributed by atoms with E-state index >= 15 is 0 Å². The largest absolute Gasteiger partial charge is 0.384 e. The van der Waals surface area contributed by atoms with Gasteiger partial charge in [0.1, 0.15) is 0 Å². The molecule has 0 saturated carbocycles. The van der Waals surface area contributed by atoms with Crippen molar-refractivity contribution in [2.45, 2.75) is 33.6 Å². The predicted octanol–water partition coefficient (Wildman–Crippen LogP) is 3.37. The monoisotopic (exact) mass is 246 g/mol. The fourth-order valence-electron chi connectivity index (χ4n) is 2.97. The lowest BCUT2D eigenvalue weighted by Gasteiger charge is -2.29. The van der Waals surface area contributed by atoms with Crippen LogP contribution in [0.4, 0.5) is 5.69 Å². The SMILES string of the molecule is Cc1cc(C)c(NCC2CCN(C)CC2)c(C)c1. The molecule has 2 heteroatoms. The van der Waals surface area contributed by atoms with E-state index < -0.39 is 0 Å². The number of benzene rings is 1. The molecule has 0 aromatic heterocycles. The highest BCUT2D eigenvalue weighted by molar-refractivity contribution is 5.58. The first-order chi connectivity index (χ1) is 8.56. The molecule has 0 spiro atoms. The number of hydrogen-bond donors (Lipinski definition) is 1. The molecule has 2 nitrogen and oxygen atoms in total. The minimum atomic E-state index is 0.835. The van der Waals surface area contributed by atoms with Crippen molar-refractivity contribution < 1.29 is 0 Å². The van der Waals surface area contributed by atoms with Crippen molar-refractivity contribution in [1.29, 1.82) is 0 Å². The summed E-state index contributed by atoms with van der Waals surface area (Å²) in [6.07, 6.45) is 2.65. The van der Waals surface area contributed by atoms with E-state index in [0.717, 1.165) is 12.5 Å². The van der Waals surface area contributed by atoms with Gasteiger partial charge in [0.2, 0.25) is 0 Å². The van der Waals surface area contributed by atoms with E-state index in [4.69, 9.17) is 0 Å². The molecule has 1 heterocycles. The van der Waals surface area contributed by atoms with Gasteiger partial charge in [-0.2, -0.15) is 0 Å². The van der Waals surface area contributed by atoms with Crippen molar-refractivity contribution in [1.82, 2.24) is 4.90 Å². The second-order valence-corrected chi connectivity index (χ2v) is 5.90. The number of nitrogens with zero attached hydrogens (tertiary/aromatic N) is 1. The van der Waals surface area contributed by atoms with Gasteiger partial charge in [-0.05, 0) is 70.8 Å². The third-order valence-corrected chi connectivity index (χ3v) is 4.08. The first kappa shape index (κ1) is 13.4. The molecule has 2 rings (SSSR count). The average Bonchev–Trinajstić information content (AvgIpc) is 2.30. The number of likely N-dealkylation sites (tertiary alicyclic amines) is 1. The Labute approximate surface area is 111 Å². The lowest BCUT2D eigenvalue weighted by molar-refractivity contribution is 0.226. The van der Waals surface area contributed by atoms with Gasteiger partial charge >= 0.3 is 0 Å². The van der Waals surface area contributed by atoms with Crippen molar-refractivity contribution in [3.8, 4) is 0 Å². The Balaban J connectivity index is 1.94. The molecular formula is C16H26N2. The average molecular weight is 246 g/mol. The summed E-state index contributed by atoms with van der Waals surface area (Å²) in [5, 5.41) is 3.67. The number of nitrogens with one attached hydrogen (secondary N) is 1. The quantitative estimate of drug-likeness (QED) is 0.879. The molecule has 100 valence electrons. The second-order valence-electron chi connectivity index (χ2n) is 5.90. The summed E-state index contributed by atoms with van der Waals surface area (Å²) in [4.78, 5) is 2.43. The van der Waals surface area contributed by atoms with Gasteiger partial charge in [-0.3, -0.25) is 0 Å². The maximum atomic E-state index is 3.67. The van der Waals surface area contributed by atoms with Crippen molar-refractivity contribution in [3.63, 3.8) is 0 Å². The molecule has 1 fully saturated rings. The molecule has 0 amide bonds. The highest BCUT2D eigenvalue weighted by Crippen LogP contribution is 2.23. The Morgan fingerprint density at radius 2 is 1.67 bits per heavy atom. The Kier molecular flexibility index (Phi) is 4.28. The van der Waals surface area contributed by atoms with Gasteiger partial charge in [0, 0.05) is 12.2 Å². The van der Waals surface area contributed by atoms with Crippen LogP contribution in [0.25, 0.3) is 0 Å². The molecule has 0 unspecified atom stereocenters. The van der Waals surface area contributed by atoms with Crippen LogP contribution in [-0.2, 0) is 0 Å².